The number of amides is 1. The molecule has 0 aliphatic carbocycles. The van der Waals surface area contributed by atoms with Gasteiger partial charge in [0, 0.05) is 43.8 Å². The fourth-order valence-electron chi connectivity index (χ4n) is 4.38. The summed E-state index contributed by atoms with van der Waals surface area (Å²) in [4.78, 5) is 23.7. The number of aromatic nitrogens is 6. The second-order valence-electron chi connectivity index (χ2n) is 9.15. The first-order valence-corrected chi connectivity index (χ1v) is 12.4. The first-order chi connectivity index (χ1) is 19.0. The maximum Gasteiger partial charge on any atom is 0.412 e. The van der Waals surface area contributed by atoms with Crippen LogP contribution in [0.2, 0.25) is 0 Å². The van der Waals surface area contributed by atoms with Crippen LogP contribution in [0.5, 0.6) is 11.5 Å². The summed E-state index contributed by atoms with van der Waals surface area (Å²) in [5.41, 5.74) is 4.22. The fraction of sp³-hybridized carbons (Fsp3) is 0.269. The first kappa shape index (κ1) is 24.4. The Kier molecular flexibility index (Phi) is 6.32. The van der Waals surface area contributed by atoms with Gasteiger partial charge in [0.15, 0.2) is 11.5 Å². The lowest BCUT2D eigenvalue weighted by atomic mass is 10.1. The van der Waals surface area contributed by atoms with Crippen molar-refractivity contribution in [2.45, 2.75) is 0 Å². The van der Waals surface area contributed by atoms with Gasteiger partial charge in [0.05, 0.1) is 41.2 Å². The van der Waals surface area contributed by atoms with Crippen molar-refractivity contribution in [3.8, 4) is 28.4 Å². The van der Waals surface area contributed by atoms with Gasteiger partial charge in [-0.25, -0.2) is 19.0 Å². The Labute approximate surface area is 223 Å². The van der Waals surface area contributed by atoms with Gasteiger partial charge in [0.1, 0.15) is 30.4 Å². The number of nitrogens with zero attached hydrogens (tertiary/aromatic N) is 7. The highest BCUT2D eigenvalue weighted by molar-refractivity contribution is 5.99. The molecule has 0 saturated carbocycles. The molecule has 13 nitrogen and oxygen atoms in total. The molecule has 13 heteroatoms. The number of fused-ring (bicyclic) bond motifs is 3. The summed E-state index contributed by atoms with van der Waals surface area (Å²) >= 11 is 0. The summed E-state index contributed by atoms with van der Waals surface area (Å²) in [6.07, 6.45) is 6.31. The minimum absolute atomic E-state index is 0.241. The maximum atomic E-state index is 12.6. The van der Waals surface area contributed by atoms with Crippen molar-refractivity contribution >= 4 is 34.1 Å². The SMILES string of the molecule is COc1cc2c(cc1-n1nc(NC(=O)OCCN(C)C)c3cnc(-c4cnn5cccnc45)cc31)OCCN2. The molecule has 4 aromatic heterocycles. The highest BCUT2D eigenvalue weighted by Crippen LogP contribution is 2.39. The van der Waals surface area contributed by atoms with Crippen molar-refractivity contribution < 1.29 is 19.0 Å². The van der Waals surface area contributed by atoms with Crippen LogP contribution in [-0.4, -0.2) is 87.9 Å². The molecule has 5 heterocycles. The number of carbonyl (C=O) groups excluding carboxylic acids is 1. The smallest absolute Gasteiger partial charge is 0.412 e. The van der Waals surface area contributed by atoms with E-state index in [1.165, 1.54) is 0 Å². The summed E-state index contributed by atoms with van der Waals surface area (Å²) in [5, 5.41) is 15.8. The van der Waals surface area contributed by atoms with Crippen molar-refractivity contribution in [2.24, 2.45) is 0 Å². The number of ether oxygens (including phenoxy) is 3. The summed E-state index contributed by atoms with van der Waals surface area (Å²) in [6, 6.07) is 7.43. The van der Waals surface area contributed by atoms with Crippen LogP contribution in [0.4, 0.5) is 16.3 Å². The average molecular weight is 530 g/mol. The minimum atomic E-state index is -0.607. The second-order valence-corrected chi connectivity index (χ2v) is 9.15. The van der Waals surface area contributed by atoms with E-state index in [-0.39, 0.29) is 6.61 Å². The third-order valence-electron chi connectivity index (χ3n) is 6.30. The van der Waals surface area contributed by atoms with Gasteiger partial charge in [-0.1, -0.05) is 0 Å². The van der Waals surface area contributed by atoms with Crippen LogP contribution < -0.4 is 20.1 Å². The van der Waals surface area contributed by atoms with E-state index in [9.17, 15) is 4.79 Å². The molecule has 2 N–H and O–H groups in total. The van der Waals surface area contributed by atoms with Gasteiger partial charge < -0.3 is 24.4 Å². The van der Waals surface area contributed by atoms with Crippen LogP contribution >= 0.6 is 0 Å². The molecule has 1 amide bonds. The van der Waals surface area contributed by atoms with Crippen LogP contribution in [0.25, 0.3) is 33.5 Å². The zero-order chi connectivity index (χ0) is 26.9. The lowest BCUT2D eigenvalue weighted by Crippen LogP contribution is -2.22. The van der Waals surface area contributed by atoms with Crippen LogP contribution in [0.15, 0.2) is 49.1 Å². The minimum Gasteiger partial charge on any atom is -0.494 e. The number of likely N-dealkylation sites (N-methyl/N-ethyl adjacent to an activating group) is 1. The normalized spacial score (nSPS) is 12.7. The molecule has 0 saturated heterocycles. The van der Waals surface area contributed by atoms with E-state index < -0.39 is 6.09 Å². The molecule has 1 aliphatic heterocycles. The van der Waals surface area contributed by atoms with E-state index in [1.54, 1.807) is 34.9 Å². The number of methoxy groups -OCH3 is 1. The summed E-state index contributed by atoms with van der Waals surface area (Å²) in [7, 11) is 5.41. The number of pyridine rings is 1. The molecule has 0 atom stereocenters. The third kappa shape index (κ3) is 4.63. The van der Waals surface area contributed by atoms with Gasteiger partial charge in [0.25, 0.3) is 0 Å². The van der Waals surface area contributed by atoms with Crippen LogP contribution in [0.1, 0.15) is 0 Å². The van der Waals surface area contributed by atoms with Crippen LogP contribution in [0, 0.1) is 0 Å². The largest absolute Gasteiger partial charge is 0.494 e. The van der Waals surface area contributed by atoms with Crippen molar-refractivity contribution in [2.75, 3.05) is 58.1 Å². The average Bonchev–Trinajstić information content (AvgIpc) is 3.53. The van der Waals surface area contributed by atoms with Crippen LogP contribution in [-0.2, 0) is 4.74 Å². The van der Waals surface area contributed by atoms with Crippen LogP contribution in [0.3, 0.4) is 0 Å². The summed E-state index contributed by atoms with van der Waals surface area (Å²) in [5.74, 6) is 1.56. The molecule has 0 bridgehead atoms. The van der Waals surface area contributed by atoms with Gasteiger partial charge >= 0.3 is 6.09 Å². The second kappa shape index (κ2) is 10.1. The Balaban J connectivity index is 1.48. The molecule has 0 unspecified atom stereocenters. The standard InChI is InChI=1S/C26H27N9O4/c1-33(2)8-10-39-26(36)31-24-17-14-29-18(16-15-30-34-7-4-5-28-25(16)34)11-20(17)35(32-24)21-13-22-19(12-23(21)37-3)27-6-9-38-22/h4-5,7,11-15,27H,6,8-10H2,1-3H3,(H,31,32,36). The Morgan fingerprint density at radius 2 is 2.13 bits per heavy atom. The molecule has 5 aromatic rings. The van der Waals surface area contributed by atoms with E-state index in [0.29, 0.717) is 64.9 Å². The number of benzene rings is 1. The molecular weight excluding hydrogens is 502 g/mol. The fourth-order valence-corrected chi connectivity index (χ4v) is 4.38. The maximum absolute atomic E-state index is 12.6. The first-order valence-electron chi connectivity index (χ1n) is 12.4. The monoisotopic (exact) mass is 529 g/mol. The van der Waals surface area contributed by atoms with Crippen molar-refractivity contribution in [3.63, 3.8) is 0 Å². The number of anilines is 2. The van der Waals surface area contributed by atoms with E-state index in [0.717, 1.165) is 11.3 Å². The molecule has 200 valence electrons. The zero-order valence-electron chi connectivity index (χ0n) is 21.7. The van der Waals surface area contributed by atoms with E-state index in [1.807, 2.05) is 49.5 Å². The predicted molar refractivity (Wildman–Crippen MR) is 145 cm³/mol. The summed E-state index contributed by atoms with van der Waals surface area (Å²) in [6.45, 7) is 2.08. The molecule has 1 aromatic carbocycles. The van der Waals surface area contributed by atoms with Crippen molar-refractivity contribution in [1.82, 2.24) is 34.3 Å². The van der Waals surface area contributed by atoms with Gasteiger partial charge in [-0.15, -0.1) is 5.10 Å². The molecular formula is C26H27N9O4. The quantitative estimate of drug-likeness (QED) is 0.324. The van der Waals surface area contributed by atoms with Gasteiger partial charge in [-0.3, -0.25) is 10.3 Å². The molecule has 1 aliphatic rings. The number of carbonyl (C=O) groups is 1. The van der Waals surface area contributed by atoms with Gasteiger partial charge in [-0.2, -0.15) is 5.10 Å². The van der Waals surface area contributed by atoms with E-state index in [2.05, 4.69) is 25.7 Å². The number of rotatable bonds is 7. The molecule has 39 heavy (non-hydrogen) atoms. The highest BCUT2D eigenvalue weighted by Gasteiger charge is 2.22. The number of hydrogen-bond donors (Lipinski definition) is 2. The predicted octanol–water partition coefficient (Wildman–Crippen LogP) is 3.05. The lowest BCUT2D eigenvalue weighted by Gasteiger charge is -2.21. The number of nitrogens with one attached hydrogen (secondary N) is 2. The highest BCUT2D eigenvalue weighted by atomic mass is 16.5. The number of hydrogen-bond acceptors (Lipinski definition) is 10. The lowest BCUT2D eigenvalue weighted by molar-refractivity contribution is 0.151. The topological polar surface area (TPSA) is 133 Å². The molecule has 0 fully saturated rings. The van der Waals surface area contributed by atoms with Gasteiger partial charge in [-0.05, 0) is 26.2 Å². The Morgan fingerprint density at radius 3 is 2.97 bits per heavy atom. The third-order valence-corrected chi connectivity index (χ3v) is 6.30. The van der Waals surface area contributed by atoms with E-state index >= 15 is 0 Å². The van der Waals surface area contributed by atoms with E-state index in [4.69, 9.17) is 19.3 Å². The zero-order valence-corrected chi connectivity index (χ0v) is 21.7. The Hall–Kier alpha value is -4.91. The summed E-state index contributed by atoms with van der Waals surface area (Å²) < 4.78 is 20.3. The Morgan fingerprint density at radius 1 is 1.23 bits per heavy atom. The Bertz CT molecular complexity index is 1680. The van der Waals surface area contributed by atoms with Gasteiger partial charge in [0.2, 0.25) is 0 Å². The van der Waals surface area contributed by atoms with Crippen molar-refractivity contribution in [3.05, 3.63) is 49.1 Å². The molecule has 6 rings (SSSR count). The van der Waals surface area contributed by atoms with Crippen molar-refractivity contribution in [1.29, 1.82) is 0 Å². The molecule has 0 radical (unpaired) electrons. The molecule has 0 spiro atoms.